The first-order valence-corrected chi connectivity index (χ1v) is 13.9. The fourth-order valence-electron chi connectivity index (χ4n) is 6.04. The normalized spacial score (nSPS) is 24.2. The molecule has 5 rings (SSSR count). The fourth-order valence-corrected chi connectivity index (χ4v) is 6.30. The Hall–Kier alpha value is -3.13. The molecule has 200 valence electrons. The highest BCUT2D eigenvalue weighted by atomic mass is 79.9. The molecule has 0 aliphatic heterocycles. The zero-order chi connectivity index (χ0) is 27.1. The Morgan fingerprint density at radius 1 is 0.842 bits per heavy atom. The fraction of sp³-hybridized carbons (Fsp3) is 0.433. The average molecular weight is 581 g/mol. The van der Waals surface area contributed by atoms with E-state index in [1.165, 1.54) is 0 Å². The second-order valence-electron chi connectivity index (χ2n) is 11.6. The van der Waals surface area contributed by atoms with E-state index in [1.807, 2.05) is 69.3 Å². The van der Waals surface area contributed by atoms with Gasteiger partial charge in [-0.25, -0.2) is 4.79 Å². The second kappa shape index (κ2) is 10.2. The van der Waals surface area contributed by atoms with Gasteiger partial charge in [0, 0.05) is 23.2 Å². The lowest BCUT2D eigenvalue weighted by molar-refractivity contribution is -0.133. The summed E-state index contributed by atoms with van der Waals surface area (Å²) >= 11 is 3.42. The number of carbonyl (C=O) groups excluding carboxylic acids is 3. The van der Waals surface area contributed by atoms with Crippen LogP contribution in [0.2, 0.25) is 0 Å². The first-order valence-electron chi connectivity index (χ1n) is 13.1. The Bertz CT molecular complexity index is 1250. The number of benzene rings is 2. The molecule has 0 radical (unpaired) electrons. The van der Waals surface area contributed by atoms with Crippen LogP contribution in [0, 0.1) is 29.1 Å². The van der Waals surface area contributed by atoms with Crippen molar-refractivity contribution < 1.29 is 19.1 Å². The largest absolute Gasteiger partial charge is 0.444 e. The van der Waals surface area contributed by atoms with Crippen LogP contribution in [0.15, 0.2) is 65.2 Å². The van der Waals surface area contributed by atoms with Crippen molar-refractivity contribution in [2.75, 3.05) is 5.32 Å². The maximum absolute atomic E-state index is 13.5. The minimum atomic E-state index is -0.543. The van der Waals surface area contributed by atoms with E-state index in [1.54, 1.807) is 0 Å². The molecule has 2 saturated carbocycles. The van der Waals surface area contributed by atoms with Gasteiger partial charge in [0.1, 0.15) is 5.60 Å². The predicted octanol–water partition coefficient (Wildman–Crippen LogP) is 5.56. The molecule has 3 N–H and O–H groups in total. The standard InChI is InChI=1S/C30H34BrN3O4/c1-29(2,3)38-28(37)33-17-19-6-4-18(5-7-19)16-32-26(35)24-22-12-13-23(30(22)14-15-30)25(24)27(36)34-21-10-8-20(31)9-11-21/h4-13,22-25H,14-17H2,1-3H3,(H,32,35)(H,33,37)(H,34,36)/t22-,23+,24-,25-/m1/s1. The summed E-state index contributed by atoms with van der Waals surface area (Å²) < 4.78 is 6.21. The molecule has 4 atom stereocenters. The van der Waals surface area contributed by atoms with Crippen LogP contribution in [0.3, 0.4) is 0 Å². The first-order chi connectivity index (χ1) is 18.1. The number of halogens is 1. The van der Waals surface area contributed by atoms with Crippen molar-refractivity contribution in [1.82, 2.24) is 10.6 Å². The molecule has 2 fully saturated rings. The first kappa shape index (κ1) is 26.5. The van der Waals surface area contributed by atoms with Gasteiger partial charge in [-0.3, -0.25) is 9.59 Å². The molecule has 3 aliphatic carbocycles. The molecule has 0 unspecified atom stereocenters. The van der Waals surface area contributed by atoms with E-state index in [4.69, 9.17) is 4.74 Å². The van der Waals surface area contributed by atoms with Crippen molar-refractivity contribution in [3.63, 3.8) is 0 Å². The Balaban J connectivity index is 1.20. The number of amides is 3. The van der Waals surface area contributed by atoms with Gasteiger partial charge >= 0.3 is 6.09 Å². The van der Waals surface area contributed by atoms with Gasteiger partial charge in [-0.2, -0.15) is 0 Å². The monoisotopic (exact) mass is 579 g/mol. The van der Waals surface area contributed by atoms with Crippen molar-refractivity contribution >= 4 is 39.5 Å². The van der Waals surface area contributed by atoms with E-state index in [9.17, 15) is 14.4 Å². The molecule has 0 saturated heterocycles. The molecule has 2 aromatic carbocycles. The molecule has 2 bridgehead atoms. The number of hydrogen-bond donors (Lipinski definition) is 3. The van der Waals surface area contributed by atoms with Gasteiger partial charge in [-0.05, 0) is 86.3 Å². The summed E-state index contributed by atoms with van der Waals surface area (Å²) in [6.45, 7) is 6.21. The van der Waals surface area contributed by atoms with Crippen molar-refractivity contribution in [3.8, 4) is 0 Å². The number of alkyl carbamates (subject to hydrolysis) is 1. The number of rotatable bonds is 7. The Morgan fingerprint density at radius 3 is 1.89 bits per heavy atom. The van der Waals surface area contributed by atoms with Crippen LogP contribution in [0.4, 0.5) is 10.5 Å². The highest BCUT2D eigenvalue weighted by Gasteiger charge is 2.69. The molecule has 0 aromatic heterocycles. The van der Waals surface area contributed by atoms with E-state index < -0.39 is 11.7 Å². The van der Waals surface area contributed by atoms with Gasteiger partial charge in [-0.15, -0.1) is 0 Å². The van der Waals surface area contributed by atoms with Crippen LogP contribution in [-0.4, -0.2) is 23.5 Å². The maximum atomic E-state index is 13.5. The van der Waals surface area contributed by atoms with Crippen LogP contribution >= 0.6 is 15.9 Å². The van der Waals surface area contributed by atoms with E-state index in [0.29, 0.717) is 13.1 Å². The lowest BCUT2D eigenvalue weighted by Crippen LogP contribution is -2.41. The van der Waals surface area contributed by atoms with Crippen LogP contribution in [-0.2, 0) is 27.4 Å². The predicted molar refractivity (Wildman–Crippen MR) is 149 cm³/mol. The van der Waals surface area contributed by atoms with E-state index >= 15 is 0 Å². The Labute approximate surface area is 231 Å². The second-order valence-corrected chi connectivity index (χ2v) is 12.5. The third-order valence-electron chi connectivity index (χ3n) is 7.88. The zero-order valence-corrected chi connectivity index (χ0v) is 23.5. The third-order valence-corrected chi connectivity index (χ3v) is 8.41. The molecular formula is C30H34BrN3O4. The molecule has 7 nitrogen and oxygen atoms in total. The van der Waals surface area contributed by atoms with Crippen molar-refractivity contribution in [2.45, 2.75) is 52.3 Å². The average Bonchev–Trinajstić information content (AvgIpc) is 3.54. The van der Waals surface area contributed by atoms with Gasteiger partial charge in [-0.1, -0.05) is 52.3 Å². The summed E-state index contributed by atoms with van der Waals surface area (Å²) in [5.74, 6) is -0.695. The lowest BCUT2D eigenvalue weighted by atomic mass is 9.81. The van der Waals surface area contributed by atoms with Crippen molar-refractivity contribution in [3.05, 3.63) is 76.3 Å². The minimum Gasteiger partial charge on any atom is -0.444 e. The molecule has 3 aliphatic rings. The van der Waals surface area contributed by atoms with Gasteiger partial charge in [0.25, 0.3) is 0 Å². The van der Waals surface area contributed by atoms with Crippen molar-refractivity contribution in [1.29, 1.82) is 0 Å². The topological polar surface area (TPSA) is 96.5 Å². The number of nitrogens with one attached hydrogen (secondary N) is 3. The van der Waals surface area contributed by atoms with Crippen LogP contribution < -0.4 is 16.0 Å². The van der Waals surface area contributed by atoms with E-state index in [0.717, 1.165) is 34.1 Å². The number of carbonyl (C=O) groups is 3. The molecular weight excluding hydrogens is 546 g/mol. The van der Waals surface area contributed by atoms with Gasteiger partial charge < -0.3 is 20.7 Å². The molecule has 38 heavy (non-hydrogen) atoms. The van der Waals surface area contributed by atoms with Crippen LogP contribution in [0.5, 0.6) is 0 Å². The van der Waals surface area contributed by atoms with Gasteiger partial charge in [0.2, 0.25) is 11.8 Å². The maximum Gasteiger partial charge on any atom is 0.407 e. The summed E-state index contributed by atoms with van der Waals surface area (Å²) in [6.07, 6.45) is 6.01. The Morgan fingerprint density at radius 2 is 1.37 bits per heavy atom. The molecule has 1 spiro atoms. The highest BCUT2D eigenvalue weighted by Crippen LogP contribution is 2.72. The summed E-state index contributed by atoms with van der Waals surface area (Å²) in [4.78, 5) is 38.8. The number of allylic oxidation sites excluding steroid dienone is 2. The quantitative estimate of drug-likeness (QED) is 0.374. The Kier molecular flexibility index (Phi) is 7.11. The van der Waals surface area contributed by atoms with E-state index in [-0.39, 0.29) is 40.9 Å². The van der Waals surface area contributed by atoms with E-state index in [2.05, 4.69) is 44.0 Å². The zero-order valence-electron chi connectivity index (χ0n) is 21.9. The van der Waals surface area contributed by atoms with Crippen molar-refractivity contribution in [2.24, 2.45) is 29.1 Å². The SMILES string of the molecule is CC(C)(C)OC(=O)NCc1ccc(CNC(=O)[C@H]2[C@H](C(=O)Nc3ccc(Br)cc3)[C@@H]3C=C[C@H]2C32CC2)cc1. The summed E-state index contributed by atoms with van der Waals surface area (Å²) in [7, 11) is 0. The summed E-state index contributed by atoms with van der Waals surface area (Å²) in [6, 6.07) is 15.2. The molecule has 0 heterocycles. The number of anilines is 1. The van der Waals surface area contributed by atoms with Crippen LogP contribution in [0.25, 0.3) is 0 Å². The molecule has 8 heteroatoms. The number of ether oxygens (including phenoxy) is 1. The third kappa shape index (κ3) is 5.51. The van der Waals surface area contributed by atoms with Crippen LogP contribution in [0.1, 0.15) is 44.7 Å². The summed E-state index contributed by atoms with van der Waals surface area (Å²) in [5.41, 5.74) is 2.15. The molecule has 3 amide bonds. The summed E-state index contributed by atoms with van der Waals surface area (Å²) in [5, 5.41) is 8.89. The number of hydrogen-bond acceptors (Lipinski definition) is 4. The molecule has 2 aromatic rings. The lowest BCUT2D eigenvalue weighted by Gasteiger charge is -2.26. The van der Waals surface area contributed by atoms with Gasteiger partial charge in [0.05, 0.1) is 11.8 Å². The van der Waals surface area contributed by atoms with Gasteiger partial charge in [0.15, 0.2) is 0 Å². The smallest absolute Gasteiger partial charge is 0.407 e. The minimum absolute atomic E-state index is 0.0697. The highest BCUT2D eigenvalue weighted by molar-refractivity contribution is 9.10.